The lowest BCUT2D eigenvalue weighted by Crippen LogP contribution is -2.42. The summed E-state index contributed by atoms with van der Waals surface area (Å²) in [6.07, 6.45) is 1.72. The number of hydrogen-bond donors (Lipinski definition) is 2. The average Bonchev–Trinajstić information content (AvgIpc) is 2.84. The zero-order chi connectivity index (χ0) is 18.9. The van der Waals surface area contributed by atoms with Crippen LogP contribution >= 0.6 is 0 Å². The van der Waals surface area contributed by atoms with Crippen molar-refractivity contribution >= 4 is 23.8 Å². The van der Waals surface area contributed by atoms with Crippen LogP contribution in [0.5, 0.6) is 0 Å². The van der Waals surface area contributed by atoms with Crippen LogP contribution in [0.3, 0.4) is 0 Å². The van der Waals surface area contributed by atoms with E-state index in [1.165, 1.54) is 11.9 Å². The van der Waals surface area contributed by atoms with E-state index in [-0.39, 0.29) is 12.5 Å². The molecular formula is C18H23N3O5. The van der Waals surface area contributed by atoms with Gasteiger partial charge in [0.05, 0.1) is 0 Å². The van der Waals surface area contributed by atoms with Gasteiger partial charge in [-0.15, -0.1) is 0 Å². The Kier molecular flexibility index (Phi) is 7.13. The third-order valence-electron chi connectivity index (χ3n) is 4.04. The minimum absolute atomic E-state index is 0.0921. The van der Waals surface area contributed by atoms with Crippen LogP contribution < -0.4 is 10.6 Å². The lowest BCUT2D eigenvalue weighted by Gasteiger charge is -2.22. The second-order valence-corrected chi connectivity index (χ2v) is 5.97. The number of benzene rings is 1. The highest BCUT2D eigenvalue weighted by atomic mass is 16.5. The summed E-state index contributed by atoms with van der Waals surface area (Å²) >= 11 is 0. The summed E-state index contributed by atoms with van der Waals surface area (Å²) in [5.41, 5.74) is 0.435. The Morgan fingerprint density at radius 1 is 1.15 bits per heavy atom. The summed E-state index contributed by atoms with van der Waals surface area (Å²) in [6, 6.07) is 7.70. The molecule has 1 aromatic rings. The van der Waals surface area contributed by atoms with Crippen LogP contribution in [0.15, 0.2) is 30.3 Å². The van der Waals surface area contributed by atoms with Gasteiger partial charge in [0.2, 0.25) is 12.0 Å². The molecule has 0 unspecified atom stereocenters. The number of rotatable bonds is 5. The quantitative estimate of drug-likeness (QED) is 0.765. The molecule has 0 aromatic heterocycles. The summed E-state index contributed by atoms with van der Waals surface area (Å²) < 4.78 is 5.31. The number of imide groups is 1. The maximum Gasteiger partial charge on any atom is 0.326 e. The molecule has 1 aliphatic heterocycles. The molecular weight excluding hydrogens is 338 g/mol. The normalized spacial score (nSPS) is 15.6. The van der Waals surface area contributed by atoms with E-state index in [1.807, 2.05) is 0 Å². The first-order chi connectivity index (χ1) is 12.5. The van der Waals surface area contributed by atoms with Crippen LogP contribution in [0.4, 0.5) is 4.79 Å². The number of hydrogen-bond acceptors (Lipinski definition) is 5. The molecule has 0 saturated carbocycles. The molecule has 0 spiro atoms. The Morgan fingerprint density at radius 2 is 1.88 bits per heavy atom. The monoisotopic (exact) mass is 361 g/mol. The number of nitrogens with zero attached hydrogens (tertiary/aromatic N) is 1. The van der Waals surface area contributed by atoms with Gasteiger partial charge in [0, 0.05) is 25.6 Å². The molecule has 1 fully saturated rings. The van der Waals surface area contributed by atoms with E-state index in [0.717, 1.165) is 19.3 Å². The number of amides is 4. The average molecular weight is 361 g/mol. The summed E-state index contributed by atoms with van der Waals surface area (Å²) in [5.74, 6) is -1.54. The summed E-state index contributed by atoms with van der Waals surface area (Å²) in [4.78, 5) is 49.5. The van der Waals surface area contributed by atoms with Crippen LogP contribution in [0, 0.1) is 0 Å². The van der Waals surface area contributed by atoms with Gasteiger partial charge in [-0.05, 0) is 12.8 Å². The van der Waals surface area contributed by atoms with Gasteiger partial charge in [0.25, 0.3) is 5.91 Å². The summed E-state index contributed by atoms with van der Waals surface area (Å²) in [6.45, 7) is 0.282. The molecule has 1 atom stereocenters. The molecule has 0 bridgehead atoms. The van der Waals surface area contributed by atoms with Crippen molar-refractivity contribution in [1.29, 1.82) is 0 Å². The molecule has 1 heterocycles. The Labute approximate surface area is 151 Å². The number of ether oxygens (including phenoxy) is 1. The van der Waals surface area contributed by atoms with Crippen molar-refractivity contribution in [2.75, 3.05) is 20.1 Å². The van der Waals surface area contributed by atoms with Crippen molar-refractivity contribution < 1.29 is 23.9 Å². The molecule has 8 nitrogen and oxygen atoms in total. The van der Waals surface area contributed by atoms with E-state index in [1.54, 1.807) is 30.3 Å². The lowest BCUT2D eigenvalue weighted by molar-refractivity contribution is -0.159. The van der Waals surface area contributed by atoms with Crippen molar-refractivity contribution in [3.05, 3.63) is 35.9 Å². The highest BCUT2D eigenvalue weighted by molar-refractivity contribution is 5.97. The Hall–Kier alpha value is -2.90. The largest absolute Gasteiger partial charge is 0.446 e. The molecule has 1 saturated heterocycles. The maximum absolute atomic E-state index is 12.3. The number of nitrogens with one attached hydrogen (secondary N) is 2. The van der Waals surface area contributed by atoms with Crippen molar-refractivity contribution in [3.8, 4) is 0 Å². The van der Waals surface area contributed by atoms with Crippen LogP contribution in [0.25, 0.3) is 0 Å². The van der Waals surface area contributed by atoms with E-state index in [9.17, 15) is 19.2 Å². The van der Waals surface area contributed by atoms with Crippen molar-refractivity contribution in [1.82, 2.24) is 15.5 Å². The predicted molar refractivity (Wildman–Crippen MR) is 92.9 cm³/mol. The van der Waals surface area contributed by atoms with Crippen molar-refractivity contribution in [2.45, 2.75) is 31.8 Å². The van der Waals surface area contributed by atoms with Gasteiger partial charge in [-0.25, -0.2) is 4.79 Å². The number of carbonyl (C=O) groups excluding carboxylic acids is 4. The van der Waals surface area contributed by atoms with Crippen molar-refractivity contribution in [2.24, 2.45) is 0 Å². The second-order valence-electron chi connectivity index (χ2n) is 5.97. The fourth-order valence-electron chi connectivity index (χ4n) is 2.67. The summed E-state index contributed by atoms with van der Waals surface area (Å²) in [5, 5.41) is 4.38. The minimum Gasteiger partial charge on any atom is -0.446 e. The third kappa shape index (κ3) is 5.58. The van der Waals surface area contributed by atoms with Gasteiger partial charge in [0.15, 0.2) is 0 Å². The first kappa shape index (κ1) is 19.4. The molecule has 2 rings (SSSR count). The van der Waals surface area contributed by atoms with Crippen LogP contribution in [0.2, 0.25) is 0 Å². The van der Waals surface area contributed by atoms with E-state index in [0.29, 0.717) is 18.5 Å². The number of carbonyl (C=O) groups is 4. The van der Waals surface area contributed by atoms with Crippen LogP contribution in [-0.2, 0) is 19.1 Å². The first-order valence-corrected chi connectivity index (χ1v) is 8.56. The maximum atomic E-state index is 12.3. The molecule has 1 aromatic carbocycles. The van der Waals surface area contributed by atoms with E-state index >= 15 is 0 Å². The van der Waals surface area contributed by atoms with Gasteiger partial charge in [-0.1, -0.05) is 36.8 Å². The van der Waals surface area contributed by atoms with Crippen molar-refractivity contribution in [3.63, 3.8) is 0 Å². The topological polar surface area (TPSA) is 105 Å². The predicted octanol–water partition coefficient (Wildman–Crippen LogP) is 1.13. The SMILES string of the molecule is CNC(=O)NC(=O)[C@@H](OC(=O)CN1CCCCCC1=O)c1ccccc1. The van der Waals surface area contributed by atoms with Gasteiger partial charge in [-0.3, -0.25) is 19.7 Å². The van der Waals surface area contributed by atoms with Gasteiger partial charge in [-0.2, -0.15) is 0 Å². The zero-order valence-corrected chi connectivity index (χ0v) is 14.7. The fraction of sp³-hybridized carbons (Fsp3) is 0.444. The minimum atomic E-state index is -1.27. The molecule has 1 aliphatic rings. The molecule has 26 heavy (non-hydrogen) atoms. The van der Waals surface area contributed by atoms with Gasteiger partial charge < -0.3 is 15.0 Å². The first-order valence-electron chi connectivity index (χ1n) is 8.56. The summed E-state index contributed by atoms with van der Waals surface area (Å²) in [7, 11) is 1.37. The van der Waals surface area contributed by atoms with Gasteiger partial charge >= 0.3 is 12.0 Å². The standard InChI is InChI=1S/C18H23N3O5/c1-19-18(25)20-17(24)16(13-8-4-2-5-9-13)26-15(23)12-21-11-7-3-6-10-14(21)22/h2,4-5,8-9,16H,3,6-7,10-12H2,1H3,(H2,19,20,24,25)/t16-/m0/s1. The van der Waals surface area contributed by atoms with E-state index in [2.05, 4.69) is 10.6 Å². The smallest absolute Gasteiger partial charge is 0.326 e. The third-order valence-corrected chi connectivity index (χ3v) is 4.04. The Balaban J connectivity index is 2.07. The Morgan fingerprint density at radius 3 is 2.58 bits per heavy atom. The second kappa shape index (κ2) is 9.55. The fourth-order valence-corrected chi connectivity index (χ4v) is 2.67. The highest BCUT2D eigenvalue weighted by Crippen LogP contribution is 2.18. The number of likely N-dealkylation sites (tertiary alicyclic amines) is 1. The van der Waals surface area contributed by atoms with E-state index < -0.39 is 24.0 Å². The molecule has 8 heteroatoms. The molecule has 140 valence electrons. The Bertz CT molecular complexity index is 662. The van der Waals surface area contributed by atoms with E-state index in [4.69, 9.17) is 4.74 Å². The van der Waals surface area contributed by atoms with Crippen LogP contribution in [-0.4, -0.2) is 48.9 Å². The van der Waals surface area contributed by atoms with Gasteiger partial charge in [0.1, 0.15) is 6.54 Å². The molecule has 4 amide bonds. The lowest BCUT2D eigenvalue weighted by atomic mass is 10.1. The molecule has 0 radical (unpaired) electrons. The zero-order valence-electron chi connectivity index (χ0n) is 14.7. The number of esters is 1. The number of urea groups is 1. The van der Waals surface area contributed by atoms with Crippen LogP contribution in [0.1, 0.15) is 37.4 Å². The molecule has 0 aliphatic carbocycles. The molecule has 2 N–H and O–H groups in total. The highest BCUT2D eigenvalue weighted by Gasteiger charge is 2.28.